The van der Waals surface area contributed by atoms with Gasteiger partial charge in [-0.1, -0.05) is 11.6 Å². The molecule has 2 aromatic carbocycles. The summed E-state index contributed by atoms with van der Waals surface area (Å²) in [6.45, 7) is 3.67. The minimum absolute atomic E-state index is 0.0119. The first-order chi connectivity index (χ1) is 18.0. The topological polar surface area (TPSA) is 82.9 Å². The Bertz CT molecular complexity index is 1360. The van der Waals surface area contributed by atoms with E-state index < -0.39 is 22.1 Å². The fraction of sp³-hybridized carbons (Fsp3) is 0.400. The predicted octanol–water partition coefficient (Wildman–Crippen LogP) is 5.96. The lowest BCUT2D eigenvalue weighted by molar-refractivity contribution is -0.274. The molecule has 1 heterocycles. The highest BCUT2D eigenvalue weighted by atomic mass is 35.5. The number of nitrogens with zero attached hydrogens (tertiary/aromatic N) is 3. The summed E-state index contributed by atoms with van der Waals surface area (Å²) in [5.41, 5.74) is 1.89. The maximum absolute atomic E-state index is 13.5. The zero-order chi connectivity index (χ0) is 27.5. The Morgan fingerprint density at radius 2 is 1.87 bits per heavy atom. The van der Waals surface area contributed by atoms with Gasteiger partial charge in [-0.15, -0.1) is 13.2 Å². The minimum Gasteiger partial charge on any atom is -0.456 e. The number of ether oxygens (including phenoxy) is 3. The Hall–Kier alpha value is -2.80. The van der Waals surface area contributed by atoms with Crippen LogP contribution >= 0.6 is 11.6 Å². The van der Waals surface area contributed by atoms with Crippen LogP contribution in [0.3, 0.4) is 0 Å². The molecule has 0 fully saturated rings. The molecule has 0 saturated heterocycles. The van der Waals surface area contributed by atoms with E-state index in [0.717, 1.165) is 36.2 Å². The van der Waals surface area contributed by atoms with Crippen molar-refractivity contribution < 1.29 is 35.8 Å². The van der Waals surface area contributed by atoms with Gasteiger partial charge in [-0.25, -0.2) is 8.42 Å². The molecule has 206 valence electrons. The van der Waals surface area contributed by atoms with Crippen LogP contribution < -0.4 is 9.47 Å². The van der Waals surface area contributed by atoms with Gasteiger partial charge in [0, 0.05) is 24.9 Å². The lowest BCUT2D eigenvalue weighted by Gasteiger charge is -2.31. The second-order valence-electron chi connectivity index (χ2n) is 8.61. The first-order valence-corrected chi connectivity index (χ1v) is 13.7. The molecule has 1 aliphatic rings. The van der Waals surface area contributed by atoms with Crippen LogP contribution in [0.4, 0.5) is 13.2 Å². The zero-order valence-corrected chi connectivity index (χ0v) is 22.3. The van der Waals surface area contributed by atoms with Crippen LogP contribution in [-0.4, -0.2) is 49.1 Å². The van der Waals surface area contributed by atoms with Crippen LogP contribution in [-0.2, 0) is 27.7 Å². The summed E-state index contributed by atoms with van der Waals surface area (Å²) in [4.78, 5) is -0.0119. The van der Waals surface area contributed by atoms with Crippen molar-refractivity contribution in [3.8, 4) is 17.2 Å². The summed E-state index contributed by atoms with van der Waals surface area (Å²) in [5.74, 6) is -0.0512. The number of halogens is 4. The lowest BCUT2D eigenvalue weighted by atomic mass is 9.93. The summed E-state index contributed by atoms with van der Waals surface area (Å²) in [6, 6.07) is 8.46. The van der Waals surface area contributed by atoms with Crippen LogP contribution in [0, 0.1) is 0 Å². The van der Waals surface area contributed by atoms with E-state index in [1.807, 2.05) is 11.6 Å². The maximum atomic E-state index is 13.5. The third-order valence-electron chi connectivity index (χ3n) is 6.19. The molecule has 3 aromatic rings. The third kappa shape index (κ3) is 6.42. The number of sulfonamides is 1. The highest BCUT2D eigenvalue weighted by molar-refractivity contribution is 7.89. The summed E-state index contributed by atoms with van der Waals surface area (Å²) >= 11 is 6.33. The van der Waals surface area contributed by atoms with Crippen LogP contribution in [0.2, 0.25) is 5.02 Å². The van der Waals surface area contributed by atoms with Gasteiger partial charge in [-0.2, -0.15) is 9.40 Å². The molecule has 1 aliphatic carbocycles. The molecule has 0 aliphatic heterocycles. The van der Waals surface area contributed by atoms with Crippen LogP contribution in [0.5, 0.6) is 17.2 Å². The molecule has 1 unspecified atom stereocenters. The van der Waals surface area contributed by atoms with Crippen molar-refractivity contribution in [3.05, 3.63) is 64.9 Å². The summed E-state index contributed by atoms with van der Waals surface area (Å²) < 4.78 is 82.2. The highest BCUT2D eigenvalue weighted by Gasteiger charge is 2.34. The van der Waals surface area contributed by atoms with E-state index in [4.69, 9.17) is 21.1 Å². The Labute approximate surface area is 223 Å². The largest absolute Gasteiger partial charge is 0.573 e. The van der Waals surface area contributed by atoms with Gasteiger partial charge < -0.3 is 14.2 Å². The predicted molar refractivity (Wildman–Crippen MR) is 134 cm³/mol. The molecule has 0 amide bonds. The summed E-state index contributed by atoms with van der Waals surface area (Å²) in [6.07, 6.45) is -0.788. The molecule has 0 N–H and O–H groups in total. The van der Waals surface area contributed by atoms with Crippen molar-refractivity contribution in [2.24, 2.45) is 0 Å². The first kappa shape index (κ1) is 28.2. The van der Waals surface area contributed by atoms with Gasteiger partial charge in [-0.3, -0.25) is 4.68 Å². The number of hydrogen-bond acceptors (Lipinski definition) is 6. The normalized spacial score (nSPS) is 15.9. The fourth-order valence-corrected chi connectivity index (χ4v) is 6.03. The molecule has 13 heteroatoms. The molecule has 0 radical (unpaired) electrons. The van der Waals surface area contributed by atoms with Gasteiger partial charge in [0.15, 0.2) is 0 Å². The molecule has 8 nitrogen and oxygen atoms in total. The quantitative estimate of drug-likeness (QED) is 0.278. The fourth-order valence-electron chi connectivity index (χ4n) is 4.36. The molecule has 0 saturated carbocycles. The standard InChI is InChI=1S/C25H27ClF3N3O5S/c1-3-35-14-13-32-23-6-4-5-22(20(23)16-30-32)31(2)38(33,34)19-11-12-24(21(26)15-19)36-17-7-9-18(10-8-17)37-25(27,28)29/h7-12,15-16,22H,3-6,13-14H2,1-2H3. The third-order valence-corrected chi connectivity index (χ3v) is 8.34. The van der Waals surface area contributed by atoms with E-state index in [1.165, 1.54) is 41.7 Å². The van der Waals surface area contributed by atoms with E-state index >= 15 is 0 Å². The van der Waals surface area contributed by atoms with E-state index in [9.17, 15) is 21.6 Å². The van der Waals surface area contributed by atoms with Crippen molar-refractivity contribution in [2.75, 3.05) is 20.3 Å². The van der Waals surface area contributed by atoms with Crippen molar-refractivity contribution in [1.82, 2.24) is 14.1 Å². The van der Waals surface area contributed by atoms with Crippen molar-refractivity contribution in [2.45, 2.75) is 50.0 Å². The maximum Gasteiger partial charge on any atom is 0.573 e. The molecule has 1 aromatic heterocycles. The van der Waals surface area contributed by atoms with E-state index in [2.05, 4.69) is 9.84 Å². The molecular weight excluding hydrogens is 547 g/mol. The first-order valence-electron chi connectivity index (χ1n) is 11.9. The lowest BCUT2D eigenvalue weighted by Crippen LogP contribution is -2.33. The van der Waals surface area contributed by atoms with Gasteiger partial charge in [-0.05, 0) is 68.7 Å². The molecule has 4 rings (SSSR count). The number of hydrogen-bond donors (Lipinski definition) is 0. The number of rotatable bonds is 10. The molecule has 0 spiro atoms. The van der Waals surface area contributed by atoms with Gasteiger partial charge in [0.1, 0.15) is 17.2 Å². The Morgan fingerprint density at radius 3 is 2.53 bits per heavy atom. The van der Waals surface area contributed by atoms with Crippen LogP contribution in [0.25, 0.3) is 0 Å². The van der Waals surface area contributed by atoms with Gasteiger partial charge in [0.2, 0.25) is 10.0 Å². The molecule has 1 atom stereocenters. The molecule has 38 heavy (non-hydrogen) atoms. The SMILES string of the molecule is CCOCCn1ncc2c1CCCC2N(C)S(=O)(=O)c1ccc(Oc2ccc(OC(F)(F)F)cc2)c(Cl)c1. The molecule has 0 bridgehead atoms. The van der Waals surface area contributed by atoms with Gasteiger partial charge in [0.25, 0.3) is 0 Å². The highest BCUT2D eigenvalue weighted by Crippen LogP contribution is 2.38. The summed E-state index contributed by atoms with van der Waals surface area (Å²) in [5, 5.41) is 4.49. The second kappa shape index (κ2) is 11.5. The second-order valence-corrected chi connectivity index (χ2v) is 11.0. The van der Waals surface area contributed by atoms with Crippen molar-refractivity contribution in [1.29, 1.82) is 0 Å². The summed E-state index contributed by atoms with van der Waals surface area (Å²) in [7, 11) is -2.38. The zero-order valence-electron chi connectivity index (χ0n) is 20.7. The number of aromatic nitrogens is 2. The van der Waals surface area contributed by atoms with E-state index in [0.29, 0.717) is 26.2 Å². The van der Waals surface area contributed by atoms with Gasteiger partial charge in [0.05, 0.1) is 35.3 Å². The average Bonchev–Trinajstić information content (AvgIpc) is 3.28. The monoisotopic (exact) mass is 573 g/mol. The average molecular weight is 574 g/mol. The number of alkyl halides is 3. The van der Waals surface area contributed by atoms with Crippen LogP contribution in [0.1, 0.15) is 37.1 Å². The van der Waals surface area contributed by atoms with E-state index in [-0.39, 0.29) is 27.5 Å². The molecular formula is C25H27ClF3N3O5S. The van der Waals surface area contributed by atoms with Crippen molar-refractivity contribution >= 4 is 21.6 Å². The van der Waals surface area contributed by atoms with Crippen LogP contribution in [0.15, 0.2) is 53.6 Å². The minimum atomic E-state index is -4.80. The Balaban J connectivity index is 1.49. The Kier molecular flexibility index (Phi) is 8.55. The Morgan fingerprint density at radius 1 is 1.16 bits per heavy atom. The van der Waals surface area contributed by atoms with Gasteiger partial charge >= 0.3 is 6.36 Å². The number of benzene rings is 2. The van der Waals surface area contributed by atoms with E-state index in [1.54, 1.807) is 6.20 Å². The van der Waals surface area contributed by atoms with Crippen molar-refractivity contribution in [3.63, 3.8) is 0 Å². The number of fused-ring (bicyclic) bond motifs is 1. The smallest absolute Gasteiger partial charge is 0.456 e.